The molecule has 146 valence electrons. The zero-order chi connectivity index (χ0) is 19.4. The second-order valence-electron chi connectivity index (χ2n) is 6.00. The molecule has 0 amide bonds. The van der Waals surface area contributed by atoms with Gasteiger partial charge < -0.3 is 18.9 Å². The Bertz CT molecular complexity index is 508. The molecule has 1 aromatic carbocycles. The Balaban J connectivity index is 2.52. The maximum Gasteiger partial charge on any atom is 0.339 e. The molecule has 0 saturated heterocycles. The van der Waals surface area contributed by atoms with Crippen molar-refractivity contribution in [2.45, 2.75) is 52.7 Å². The van der Waals surface area contributed by atoms with Gasteiger partial charge in [-0.25, -0.2) is 9.59 Å². The normalized spacial score (nSPS) is 13.1. The van der Waals surface area contributed by atoms with Crippen LogP contribution in [0.1, 0.15) is 61.3 Å². The number of hydrogen-bond donors (Lipinski definition) is 0. The second-order valence-corrected chi connectivity index (χ2v) is 6.00. The summed E-state index contributed by atoms with van der Waals surface area (Å²) in [5, 5.41) is 0. The minimum Gasteiger partial charge on any atom is -0.460 e. The number of esters is 2. The number of benzene rings is 1. The van der Waals surface area contributed by atoms with E-state index < -0.39 is 11.9 Å². The van der Waals surface area contributed by atoms with Gasteiger partial charge in [-0.15, -0.1) is 0 Å². The molecule has 0 aliphatic rings. The second kappa shape index (κ2) is 12.4. The van der Waals surface area contributed by atoms with Gasteiger partial charge in [-0.05, 0) is 38.8 Å². The quantitative estimate of drug-likeness (QED) is 0.415. The highest BCUT2D eigenvalue weighted by atomic mass is 16.6. The molecule has 0 aliphatic carbocycles. The van der Waals surface area contributed by atoms with Gasteiger partial charge in [0.15, 0.2) is 0 Å². The summed E-state index contributed by atoms with van der Waals surface area (Å²) >= 11 is 0. The average molecular weight is 366 g/mol. The van der Waals surface area contributed by atoms with Gasteiger partial charge in [-0.1, -0.05) is 26.0 Å². The standard InChI is InChI=1S/C20H30O6/c1-5-15(3)23-11-13-25-19(21)17-9-7-8-10-18(17)20(22)26-14-12-24-16(4)6-2/h7-10,15-16H,5-6,11-14H2,1-4H3. The molecule has 0 aliphatic heterocycles. The predicted octanol–water partition coefficient (Wildman–Crippen LogP) is 3.63. The molecule has 0 spiro atoms. The van der Waals surface area contributed by atoms with Gasteiger partial charge in [0.1, 0.15) is 13.2 Å². The third-order valence-electron chi connectivity index (χ3n) is 3.95. The lowest BCUT2D eigenvalue weighted by Gasteiger charge is -2.13. The summed E-state index contributed by atoms with van der Waals surface area (Å²) in [5.74, 6) is -1.14. The predicted molar refractivity (Wildman–Crippen MR) is 98.4 cm³/mol. The zero-order valence-corrected chi connectivity index (χ0v) is 16.2. The van der Waals surface area contributed by atoms with Gasteiger partial charge in [0, 0.05) is 0 Å². The van der Waals surface area contributed by atoms with E-state index in [4.69, 9.17) is 18.9 Å². The van der Waals surface area contributed by atoms with E-state index in [-0.39, 0.29) is 36.5 Å². The Labute approximate surface area is 155 Å². The van der Waals surface area contributed by atoms with Gasteiger partial charge in [0.2, 0.25) is 0 Å². The summed E-state index contributed by atoms with van der Waals surface area (Å²) in [6.45, 7) is 8.86. The van der Waals surface area contributed by atoms with Gasteiger partial charge in [0.25, 0.3) is 0 Å². The van der Waals surface area contributed by atoms with E-state index in [1.807, 2.05) is 27.7 Å². The fourth-order valence-corrected chi connectivity index (χ4v) is 2.00. The number of ether oxygens (including phenoxy) is 4. The highest BCUT2D eigenvalue weighted by molar-refractivity contribution is 6.03. The molecular formula is C20H30O6. The molecule has 6 heteroatoms. The molecule has 0 N–H and O–H groups in total. The number of carbonyl (C=O) groups is 2. The highest BCUT2D eigenvalue weighted by Gasteiger charge is 2.19. The van der Waals surface area contributed by atoms with Crippen molar-refractivity contribution in [3.8, 4) is 0 Å². The molecule has 0 saturated carbocycles. The van der Waals surface area contributed by atoms with E-state index in [0.29, 0.717) is 13.2 Å². The van der Waals surface area contributed by atoms with E-state index in [0.717, 1.165) is 12.8 Å². The van der Waals surface area contributed by atoms with E-state index in [1.165, 1.54) is 0 Å². The van der Waals surface area contributed by atoms with Crippen LogP contribution in [0.15, 0.2) is 24.3 Å². The molecule has 0 radical (unpaired) electrons. The first-order valence-electron chi connectivity index (χ1n) is 9.16. The van der Waals surface area contributed by atoms with Crippen LogP contribution in [0.4, 0.5) is 0 Å². The summed E-state index contributed by atoms with van der Waals surface area (Å²) in [6.07, 6.45) is 2.02. The lowest BCUT2D eigenvalue weighted by Crippen LogP contribution is -2.19. The topological polar surface area (TPSA) is 71.1 Å². The van der Waals surface area contributed by atoms with E-state index in [9.17, 15) is 9.59 Å². The van der Waals surface area contributed by atoms with Gasteiger partial charge in [-0.3, -0.25) is 0 Å². The van der Waals surface area contributed by atoms with Crippen LogP contribution >= 0.6 is 0 Å². The fourth-order valence-electron chi connectivity index (χ4n) is 2.00. The van der Waals surface area contributed by atoms with E-state index in [1.54, 1.807) is 24.3 Å². The Morgan fingerprint density at radius 3 is 1.50 bits per heavy atom. The molecule has 2 atom stereocenters. The molecule has 1 aromatic rings. The molecule has 2 unspecified atom stereocenters. The molecule has 26 heavy (non-hydrogen) atoms. The van der Waals surface area contributed by atoms with Crippen LogP contribution in [0, 0.1) is 0 Å². The molecule has 1 rings (SSSR count). The van der Waals surface area contributed by atoms with Crippen LogP contribution in [0.2, 0.25) is 0 Å². The minimum absolute atomic E-state index is 0.119. The van der Waals surface area contributed by atoms with Crippen LogP contribution in [-0.2, 0) is 18.9 Å². The van der Waals surface area contributed by atoms with Crippen LogP contribution < -0.4 is 0 Å². The summed E-state index contributed by atoms with van der Waals surface area (Å²) in [7, 11) is 0. The average Bonchev–Trinajstić information content (AvgIpc) is 2.67. The lowest BCUT2D eigenvalue weighted by molar-refractivity contribution is 0.00968. The third-order valence-corrected chi connectivity index (χ3v) is 3.95. The molecule has 6 nitrogen and oxygen atoms in total. The minimum atomic E-state index is -0.568. The molecule has 0 fully saturated rings. The van der Waals surface area contributed by atoms with Gasteiger partial charge in [-0.2, -0.15) is 0 Å². The summed E-state index contributed by atoms with van der Waals surface area (Å²) < 4.78 is 21.3. The van der Waals surface area contributed by atoms with E-state index in [2.05, 4.69) is 0 Å². The van der Waals surface area contributed by atoms with Gasteiger partial charge >= 0.3 is 11.9 Å². The van der Waals surface area contributed by atoms with Crippen LogP contribution in [0.25, 0.3) is 0 Å². The SMILES string of the molecule is CCC(C)OCCOC(=O)c1ccccc1C(=O)OCCOC(C)CC. The maximum atomic E-state index is 12.2. The van der Waals surface area contributed by atoms with Crippen LogP contribution in [0.5, 0.6) is 0 Å². The summed E-state index contributed by atoms with van der Waals surface area (Å²) in [4.78, 5) is 24.5. The molecule has 0 bridgehead atoms. The van der Waals surface area contributed by atoms with Crippen LogP contribution in [0.3, 0.4) is 0 Å². The number of rotatable bonds is 12. The smallest absolute Gasteiger partial charge is 0.339 e. The Morgan fingerprint density at radius 2 is 1.15 bits per heavy atom. The third kappa shape index (κ3) is 7.97. The molecule has 0 aromatic heterocycles. The first-order chi connectivity index (χ1) is 12.5. The summed E-state index contributed by atoms with van der Waals surface area (Å²) in [5.41, 5.74) is 0.368. The van der Waals surface area contributed by atoms with Crippen molar-refractivity contribution in [3.63, 3.8) is 0 Å². The number of carbonyl (C=O) groups excluding carboxylic acids is 2. The van der Waals surface area contributed by atoms with E-state index >= 15 is 0 Å². The summed E-state index contributed by atoms with van der Waals surface area (Å²) in [6, 6.07) is 6.44. The number of hydrogen-bond acceptors (Lipinski definition) is 6. The van der Waals surface area contributed by atoms with Crippen molar-refractivity contribution in [2.24, 2.45) is 0 Å². The van der Waals surface area contributed by atoms with Crippen molar-refractivity contribution >= 4 is 11.9 Å². The van der Waals surface area contributed by atoms with Crippen molar-refractivity contribution in [1.29, 1.82) is 0 Å². The monoisotopic (exact) mass is 366 g/mol. The van der Waals surface area contributed by atoms with Crippen molar-refractivity contribution in [2.75, 3.05) is 26.4 Å². The Morgan fingerprint density at radius 1 is 0.769 bits per heavy atom. The highest BCUT2D eigenvalue weighted by Crippen LogP contribution is 2.12. The van der Waals surface area contributed by atoms with Crippen molar-refractivity contribution in [1.82, 2.24) is 0 Å². The van der Waals surface area contributed by atoms with Crippen LogP contribution in [-0.4, -0.2) is 50.6 Å². The zero-order valence-electron chi connectivity index (χ0n) is 16.2. The largest absolute Gasteiger partial charge is 0.460 e. The molecular weight excluding hydrogens is 336 g/mol. The Hall–Kier alpha value is -1.92. The lowest BCUT2D eigenvalue weighted by atomic mass is 10.1. The maximum absolute atomic E-state index is 12.2. The van der Waals surface area contributed by atoms with Gasteiger partial charge in [0.05, 0.1) is 36.5 Å². The Kier molecular flexibility index (Phi) is 10.6. The fraction of sp³-hybridized carbons (Fsp3) is 0.600. The van der Waals surface area contributed by atoms with Crippen molar-refractivity contribution in [3.05, 3.63) is 35.4 Å². The molecule has 0 heterocycles. The van der Waals surface area contributed by atoms with Crippen molar-refractivity contribution < 1.29 is 28.5 Å². The first kappa shape index (κ1) is 22.1. The first-order valence-corrected chi connectivity index (χ1v) is 9.16.